The van der Waals surface area contributed by atoms with Crippen molar-refractivity contribution in [3.8, 4) is 11.8 Å². The zero-order chi connectivity index (χ0) is 26.4. The Morgan fingerprint density at radius 2 is 2.11 bits per heavy atom. The number of carbonyl (C=O) groups excluding carboxylic acids is 1. The van der Waals surface area contributed by atoms with Gasteiger partial charge in [-0.2, -0.15) is 5.10 Å². The average molecular weight is 530 g/mol. The quantitative estimate of drug-likeness (QED) is 0.257. The largest absolute Gasteiger partial charge is 0.374 e. The summed E-state index contributed by atoms with van der Waals surface area (Å²) in [6.07, 6.45) is 0.835. The Kier molecular flexibility index (Phi) is 6.66. The molecule has 0 spiro atoms. The number of imidazole rings is 1. The molecule has 1 saturated heterocycles. The molecule has 1 unspecified atom stereocenters. The summed E-state index contributed by atoms with van der Waals surface area (Å²) in [6, 6.07) is 2.20. The molecule has 3 atom stereocenters. The lowest BCUT2D eigenvalue weighted by atomic mass is 10.1. The van der Waals surface area contributed by atoms with Gasteiger partial charge in [0.25, 0.3) is 6.43 Å². The van der Waals surface area contributed by atoms with E-state index in [9.17, 15) is 18.7 Å². The molecule has 0 bridgehead atoms. The van der Waals surface area contributed by atoms with Crippen LogP contribution in [0.5, 0.6) is 0 Å². The smallest absolute Gasteiger partial charge is 0.258 e. The van der Waals surface area contributed by atoms with Gasteiger partial charge in [-0.15, -0.1) is 0 Å². The Bertz CT molecular complexity index is 1430. The minimum absolute atomic E-state index is 0.00462. The number of hydrogen-bond donors (Lipinski definition) is 3. The molecular formula is C25H26ClF2N7O2. The van der Waals surface area contributed by atoms with Crippen molar-refractivity contribution in [2.75, 3.05) is 18.9 Å². The van der Waals surface area contributed by atoms with E-state index in [1.54, 1.807) is 19.4 Å². The van der Waals surface area contributed by atoms with Crippen LogP contribution < -0.4 is 11.1 Å². The highest BCUT2D eigenvalue weighted by atomic mass is 35.5. The molecule has 1 saturated carbocycles. The van der Waals surface area contributed by atoms with Crippen molar-refractivity contribution in [3.05, 3.63) is 53.0 Å². The number of amides is 1. The lowest BCUT2D eigenvalue weighted by molar-refractivity contribution is -0.129. The fraction of sp³-hybridized carbons (Fsp3) is 0.400. The second kappa shape index (κ2) is 9.78. The predicted molar refractivity (Wildman–Crippen MR) is 135 cm³/mol. The van der Waals surface area contributed by atoms with Crippen LogP contribution in [-0.4, -0.2) is 61.3 Å². The number of halogens is 3. The van der Waals surface area contributed by atoms with Crippen LogP contribution in [0.1, 0.15) is 54.4 Å². The van der Waals surface area contributed by atoms with Gasteiger partial charge < -0.3 is 25.6 Å². The van der Waals surface area contributed by atoms with Crippen LogP contribution in [0.25, 0.3) is 11.0 Å². The van der Waals surface area contributed by atoms with Gasteiger partial charge in [-0.3, -0.25) is 4.79 Å². The number of aliphatic hydroxyl groups excluding tert-OH is 1. The van der Waals surface area contributed by atoms with E-state index >= 15 is 0 Å². The lowest BCUT2D eigenvalue weighted by Gasteiger charge is -2.22. The van der Waals surface area contributed by atoms with Gasteiger partial charge in [0.15, 0.2) is 0 Å². The maximum atomic E-state index is 13.7. The summed E-state index contributed by atoms with van der Waals surface area (Å²) in [4.78, 5) is 17.7. The van der Waals surface area contributed by atoms with Crippen molar-refractivity contribution < 1.29 is 18.7 Å². The number of carbonyl (C=O) groups is 1. The van der Waals surface area contributed by atoms with Gasteiger partial charge in [0.05, 0.1) is 40.0 Å². The molecule has 2 aromatic heterocycles. The van der Waals surface area contributed by atoms with E-state index in [0.717, 1.165) is 34.9 Å². The molecule has 1 amide bonds. The molecule has 2 fully saturated rings. The fourth-order valence-electron chi connectivity index (χ4n) is 4.88. The van der Waals surface area contributed by atoms with Crippen LogP contribution in [0.2, 0.25) is 5.02 Å². The van der Waals surface area contributed by atoms with Gasteiger partial charge in [0.2, 0.25) is 5.91 Å². The van der Waals surface area contributed by atoms with Gasteiger partial charge in [0, 0.05) is 25.2 Å². The molecule has 4 N–H and O–H groups in total. The van der Waals surface area contributed by atoms with E-state index in [-0.39, 0.29) is 24.2 Å². The summed E-state index contributed by atoms with van der Waals surface area (Å²) in [5.74, 6) is 5.66. The Labute approximate surface area is 216 Å². The van der Waals surface area contributed by atoms with Crippen molar-refractivity contribution in [2.45, 2.75) is 50.0 Å². The number of nitrogens with zero attached hydrogens (tertiary/aromatic N) is 5. The fourth-order valence-corrected chi connectivity index (χ4v) is 5.08. The Morgan fingerprint density at radius 3 is 2.73 bits per heavy atom. The summed E-state index contributed by atoms with van der Waals surface area (Å²) in [7, 11) is 1.60. The number of nitrogens with one attached hydrogen (secondary N) is 1. The van der Waals surface area contributed by atoms with Gasteiger partial charge in [-0.25, -0.2) is 18.4 Å². The van der Waals surface area contributed by atoms with Crippen LogP contribution in [0.4, 0.5) is 14.6 Å². The van der Waals surface area contributed by atoms with Crippen molar-refractivity contribution in [1.82, 2.24) is 24.2 Å². The molecule has 1 aromatic carbocycles. The number of benzene rings is 1. The first kappa shape index (κ1) is 25.2. The van der Waals surface area contributed by atoms with E-state index in [1.807, 2.05) is 6.07 Å². The molecule has 1 aliphatic heterocycles. The van der Waals surface area contributed by atoms with Gasteiger partial charge >= 0.3 is 0 Å². The molecule has 0 radical (unpaired) electrons. The molecule has 3 heterocycles. The van der Waals surface area contributed by atoms with Crippen molar-refractivity contribution in [3.63, 3.8) is 0 Å². The summed E-state index contributed by atoms with van der Waals surface area (Å²) in [5.41, 5.74) is 8.45. The maximum absolute atomic E-state index is 13.7. The minimum Gasteiger partial charge on any atom is -0.374 e. The number of likely N-dealkylation sites (tertiary alicyclic amines) is 1. The topological polar surface area (TPSA) is 114 Å². The number of fused-ring (bicyclic) bond motifs is 1. The van der Waals surface area contributed by atoms with Crippen molar-refractivity contribution >= 4 is 34.4 Å². The molecule has 194 valence electrons. The Balaban J connectivity index is 1.52. The average Bonchev–Trinajstić information content (AvgIpc) is 3.31. The van der Waals surface area contributed by atoms with E-state index in [2.05, 4.69) is 38.4 Å². The first-order valence-electron chi connectivity index (χ1n) is 11.9. The normalized spacial score (nSPS) is 20.2. The highest BCUT2D eigenvalue weighted by molar-refractivity contribution is 6.32. The van der Waals surface area contributed by atoms with Crippen LogP contribution in [0.15, 0.2) is 31.1 Å². The highest BCUT2D eigenvalue weighted by Crippen LogP contribution is 2.38. The first-order valence-corrected chi connectivity index (χ1v) is 12.2. The third-order valence-electron chi connectivity index (χ3n) is 6.81. The SMILES string of the molecule is C=CC(=O)N1C[C@@H](n2nc(C#Cc3cc4ncn(C5CC5)c4cc3Cl)c(C(N)O)c2NC)C[C@@H]1C(F)F. The molecule has 37 heavy (non-hydrogen) atoms. The van der Waals surface area contributed by atoms with Crippen LogP contribution in [0.3, 0.4) is 0 Å². The highest BCUT2D eigenvalue weighted by Gasteiger charge is 2.42. The number of hydrogen-bond acceptors (Lipinski definition) is 6. The number of alkyl halides is 2. The lowest BCUT2D eigenvalue weighted by Crippen LogP contribution is -2.38. The Morgan fingerprint density at radius 1 is 1.35 bits per heavy atom. The third-order valence-corrected chi connectivity index (χ3v) is 7.13. The number of anilines is 1. The van der Waals surface area contributed by atoms with Crippen LogP contribution >= 0.6 is 11.6 Å². The molecule has 12 heteroatoms. The van der Waals surface area contributed by atoms with E-state index in [1.165, 1.54) is 4.68 Å². The van der Waals surface area contributed by atoms with E-state index < -0.39 is 30.6 Å². The van der Waals surface area contributed by atoms with Crippen LogP contribution in [-0.2, 0) is 4.79 Å². The zero-order valence-electron chi connectivity index (χ0n) is 20.0. The first-order chi connectivity index (χ1) is 17.7. The summed E-state index contributed by atoms with van der Waals surface area (Å²) in [6.45, 7) is 3.40. The summed E-state index contributed by atoms with van der Waals surface area (Å²) >= 11 is 6.53. The number of nitrogens with two attached hydrogens (primary N) is 1. The van der Waals surface area contributed by atoms with Gasteiger partial charge in [-0.05, 0) is 43.4 Å². The van der Waals surface area contributed by atoms with Gasteiger partial charge in [-0.1, -0.05) is 24.1 Å². The Hall–Kier alpha value is -3.46. The number of aromatic nitrogens is 4. The second-order valence-electron chi connectivity index (χ2n) is 9.19. The molecule has 9 nitrogen and oxygen atoms in total. The third kappa shape index (κ3) is 4.56. The van der Waals surface area contributed by atoms with Crippen molar-refractivity contribution in [2.24, 2.45) is 5.73 Å². The van der Waals surface area contributed by atoms with E-state index in [4.69, 9.17) is 17.3 Å². The molecule has 1 aliphatic carbocycles. The summed E-state index contributed by atoms with van der Waals surface area (Å²) < 4.78 is 31.0. The van der Waals surface area contributed by atoms with Gasteiger partial charge in [0.1, 0.15) is 17.7 Å². The number of rotatable bonds is 6. The molecule has 5 rings (SSSR count). The van der Waals surface area contributed by atoms with Crippen LogP contribution in [0, 0.1) is 11.8 Å². The standard InChI is InChI=1S/C25H26ClF2N7O2/c1-3-21(36)33-11-15(9-20(33)23(27)28)35-25(30-2)22(24(29)37)17(32-35)7-4-13-8-18-19(10-16(13)26)34(12-31-18)14-5-6-14/h3,8,10,12,14-15,20,23-24,30,37H,1,5-6,9,11,29H2,2H3/t15-,20+,24?/m0/s1. The monoisotopic (exact) mass is 529 g/mol. The van der Waals surface area contributed by atoms with Crippen molar-refractivity contribution in [1.29, 1.82) is 0 Å². The predicted octanol–water partition coefficient (Wildman–Crippen LogP) is 3.21. The summed E-state index contributed by atoms with van der Waals surface area (Å²) in [5, 5.41) is 18.2. The molecule has 2 aliphatic rings. The minimum atomic E-state index is -2.73. The number of aliphatic hydroxyl groups is 1. The zero-order valence-corrected chi connectivity index (χ0v) is 20.8. The van der Waals surface area contributed by atoms with E-state index in [0.29, 0.717) is 22.4 Å². The maximum Gasteiger partial charge on any atom is 0.258 e. The second-order valence-corrected chi connectivity index (χ2v) is 9.60. The molecular weight excluding hydrogens is 504 g/mol. The molecule has 3 aromatic rings.